The molecule has 1 heterocycles. The number of aromatic nitrogens is 2. The van der Waals surface area contributed by atoms with Gasteiger partial charge in [-0.3, -0.25) is 5.10 Å². The van der Waals surface area contributed by atoms with E-state index >= 15 is 0 Å². The van der Waals surface area contributed by atoms with Crippen LogP contribution in [0.3, 0.4) is 0 Å². The summed E-state index contributed by atoms with van der Waals surface area (Å²) in [5.74, 6) is 0. The van der Waals surface area contributed by atoms with Gasteiger partial charge in [0.25, 0.3) is 0 Å². The van der Waals surface area contributed by atoms with Gasteiger partial charge in [-0.2, -0.15) is 5.10 Å². The van der Waals surface area contributed by atoms with Crippen LogP contribution in [-0.4, -0.2) is 16.4 Å². The van der Waals surface area contributed by atoms with Crippen molar-refractivity contribution in [3.8, 4) is 0 Å². The number of hydrogen-bond donors (Lipinski definition) is 2. The maximum absolute atomic E-state index is 11.8. The van der Waals surface area contributed by atoms with Gasteiger partial charge in [0.1, 0.15) is 5.69 Å². The van der Waals surface area contributed by atoms with Crippen LogP contribution in [0, 0.1) is 6.92 Å². The zero-order chi connectivity index (χ0) is 12.0. The number of aromatic amines is 1. The first kappa shape index (κ1) is 12.7. The molecular weight excluding hydrogens is 231 g/mol. The average Bonchev–Trinajstić information content (AvgIpc) is 2.58. The number of aryl methyl sites for hydroxylation is 1. The Morgan fingerprint density at radius 2 is 2.44 bits per heavy atom. The number of H-pyrrole nitrogens is 1. The van der Waals surface area contributed by atoms with Gasteiger partial charge in [-0.15, -0.1) is 0 Å². The molecule has 0 atom stereocenters. The van der Waals surface area contributed by atoms with Crippen LogP contribution in [0.5, 0.6) is 0 Å². The highest BCUT2D eigenvalue weighted by Crippen LogP contribution is 2.16. The molecule has 2 N–H and O–H groups in total. The molecule has 0 saturated carbocycles. The van der Waals surface area contributed by atoms with Crippen molar-refractivity contribution in [3.05, 3.63) is 28.2 Å². The highest BCUT2D eigenvalue weighted by molar-refractivity contribution is 6.31. The van der Waals surface area contributed by atoms with Crippen LogP contribution in [0.1, 0.15) is 24.7 Å². The van der Waals surface area contributed by atoms with E-state index in [-0.39, 0.29) is 0 Å². The molecule has 4 nitrogen and oxygen atoms in total. The molecule has 88 valence electrons. The van der Waals surface area contributed by atoms with E-state index in [0.717, 1.165) is 18.3 Å². The quantitative estimate of drug-likeness (QED) is 0.783. The first-order valence-corrected chi connectivity index (χ1v) is 5.34. The Balaban J connectivity index is 2.62. The maximum Gasteiger partial charge on any atom is 0.100 e. The Morgan fingerprint density at radius 3 is 2.94 bits per heavy atom. The topological polar surface area (TPSA) is 53.1 Å². The molecule has 0 radical (unpaired) electrons. The fourth-order valence-electron chi connectivity index (χ4n) is 1.21. The molecular formula is C10H14ClFN4. The summed E-state index contributed by atoms with van der Waals surface area (Å²) in [5, 5.41) is 12.9. The molecule has 0 aliphatic carbocycles. The number of allylic oxidation sites excluding steroid dienone is 2. The van der Waals surface area contributed by atoms with Crippen molar-refractivity contribution in [1.82, 2.24) is 15.5 Å². The van der Waals surface area contributed by atoms with Crippen molar-refractivity contribution in [3.63, 3.8) is 0 Å². The van der Waals surface area contributed by atoms with Crippen molar-refractivity contribution in [2.75, 3.05) is 0 Å². The van der Waals surface area contributed by atoms with Crippen LogP contribution in [0.2, 0.25) is 5.02 Å². The molecule has 0 aliphatic rings. The largest absolute Gasteiger partial charge is 0.378 e. The second-order valence-corrected chi connectivity index (χ2v) is 3.64. The third kappa shape index (κ3) is 3.34. The van der Waals surface area contributed by atoms with E-state index < -0.39 is 0 Å². The van der Waals surface area contributed by atoms with Crippen LogP contribution in [0.4, 0.5) is 4.48 Å². The summed E-state index contributed by atoms with van der Waals surface area (Å²) in [4.78, 5) is 0. The lowest BCUT2D eigenvalue weighted by atomic mass is 10.3. The molecule has 6 heteroatoms. The Hall–Kier alpha value is -1.36. The lowest BCUT2D eigenvalue weighted by Gasteiger charge is -2.04. The fourth-order valence-corrected chi connectivity index (χ4v) is 1.36. The molecule has 0 amide bonds. The van der Waals surface area contributed by atoms with Crippen molar-refractivity contribution in [2.24, 2.45) is 5.21 Å². The van der Waals surface area contributed by atoms with Gasteiger partial charge in [0.15, 0.2) is 0 Å². The van der Waals surface area contributed by atoms with Gasteiger partial charge in [0.2, 0.25) is 0 Å². The maximum atomic E-state index is 11.8. The van der Waals surface area contributed by atoms with E-state index in [1.165, 1.54) is 0 Å². The summed E-state index contributed by atoms with van der Waals surface area (Å²) < 4.78 is 11.8. The molecule has 0 fully saturated rings. The molecule has 0 spiro atoms. The number of hydrogen-bond acceptors (Lipinski definition) is 3. The lowest BCUT2D eigenvalue weighted by Crippen LogP contribution is -2.14. The monoisotopic (exact) mass is 244 g/mol. The number of rotatable bonds is 5. The fraction of sp³-hybridized carbons (Fsp3) is 0.400. The van der Waals surface area contributed by atoms with Gasteiger partial charge in [0.05, 0.1) is 29.2 Å². The van der Waals surface area contributed by atoms with Crippen molar-refractivity contribution >= 4 is 17.8 Å². The van der Waals surface area contributed by atoms with Gasteiger partial charge >= 0.3 is 0 Å². The van der Waals surface area contributed by atoms with Crippen molar-refractivity contribution in [2.45, 2.75) is 26.8 Å². The molecule has 0 aliphatic heterocycles. The summed E-state index contributed by atoms with van der Waals surface area (Å²) >= 11 is 5.99. The highest BCUT2D eigenvalue weighted by Gasteiger charge is 2.06. The molecule has 0 bridgehead atoms. The second-order valence-electron chi connectivity index (χ2n) is 3.26. The standard InChI is InChI=1S/C10H14ClFN4/c1-3-4-8(5-14-12)13-6-9-10(11)7(2)15-16-9/h4-5,13H,3,6H2,1-2H3,(H,15,16)/b8-4+,14-5-. The molecule has 0 saturated heterocycles. The molecule has 1 aromatic rings. The van der Waals surface area contributed by atoms with Gasteiger partial charge < -0.3 is 5.32 Å². The van der Waals surface area contributed by atoms with E-state index in [4.69, 9.17) is 11.6 Å². The van der Waals surface area contributed by atoms with Gasteiger partial charge in [0, 0.05) is 0 Å². The Kier molecular flexibility index (Phi) is 4.98. The predicted molar refractivity (Wildman–Crippen MR) is 63.1 cm³/mol. The molecule has 0 aromatic carbocycles. The van der Waals surface area contributed by atoms with E-state index in [1.807, 2.05) is 19.9 Å². The van der Waals surface area contributed by atoms with E-state index in [1.54, 1.807) is 0 Å². The van der Waals surface area contributed by atoms with Gasteiger partial charge in [-0.1, -0.05) is 34.3 Å². The third-order valence-electron chi connectivity index (χ3n) is 2.01. The molecule has 1 rings (SSSR count). The number of nitrogens with zero attached hydrogens (tertiary/aromatic N) is 2. The SMILES string of the molecule is CC/C=C(\C=N/F)NCc1n[nH]c(C)c1Cl. The zero-order valence-corrected chi connectivity index (χ0v) is 9.98. The summed E-state index contributed by atoms with van der Waals surface area (Å²) in [7, 11) is 0. The van der Waals surface area contributed by atoms with Crippen LogP contribution in [0.15, 0.2) is 17.0 Å². The minimum atomic E-state index is 0.432. The molecule has 0 unspecified atom stereocenters. The predicted octanol–water partition coefficient (Wildman–Crippen LogP) is 2.71. The minimum absolute atomic E-state index is 0.432. The molecule has 16 heavy (non-hydrogen) atoms. The first-order valence-electron chi connectivity index (χ1n) is 4.96. The van der Waals surface area contributed by atoms with E-state index in [0.29, 0.717) is 23.0 Å². The van der Waals surface area contributed by atoms with E-state index in [2.05, 4.69) is 20.7 Å². The normalized spacial score (nSPS) is 12.4. The first-order chi connectivity index (χ1) is 7.69. The van der Waals surface area contributed by atoms with Crippen molar-refractivity contribution < 1.29 is 4.48 Å². The number of nitrogens with one attached hydrogen (secondary N) is 2. The van der Waals surface area contributed by atoms with Gasteiger partial charge in [-0.25, -0.2) is 0 Å². The van der Waals surface area contributed by atoms with Crippen molar-refractivity contribution in [1.29, 1.82) is 0 Å². The summed E-state index contributed by atoms with van der Waals surface area (Å²) in [6, 6.07) is 0. The highest BCUT2D eigenvalue weighted by atomic mass is 35.5. The number of halogens is 2. The smallest absolute Gasteiger partial charge is 0.100 e. The van der Waals surface area contributed by atoms with Crippen LogP contribution >= 0.6 is 11.6 Å². The second kappa shape index (κ2) is 6.27. The Morgan fingerprint density at radius 1 is 1.69 bits per heavy atom. The third-order valence-corrected chi connectivity index (χ3v) is 2.51. The Bertz CT molecular complexity index is 398. The van der Waals surface area contributed by atoms with Gasteiger partial charge in [-0.05, 0) is 13.3 Å². The Labute approximate surface area is 98.5 Å². The minimum Gasteiger partial charge on any atom is -0.378 e. The summed E-state index contributed by atoms with van der Waals surface area (Å²) in [5.41, 5.74) is 2.13. The van der Waals surface area contributed by atoms with Crippen LogP contribution in [0.25, 0.3) is 0 Å². The van der Waals surface area contributed by atoms with Crippen LogP contribution in [-0.2, 0) is 6.54 Å². The summed E-state index contributed by atoms with van der Waals surface area (Å²) in [6.07, 6.45) is 3.75. The average molecular weight is 245 g/mol. The lowest BCUT2D eigenvalue weighted by molar-refractivity contribution is 0.540. The van der Waals surface area contributed by atoms with E-state index in [9.17, 15) is 4.48 Å². The zero-order valence-electron chi connectivity index (χ0n) is 9.22. The molecule has 1 aromatic heterocycles. The van der Waals surface area contributed by atoms with Crippen LogP contribution < -0.4 is 5.32 Å². The summed E-state index contributed by atoms with van der Waals surface area (Å²) in [6.45, 7) is 4.23.